The van der Waals surface area contributed by atoms with Crippen LogP contribution in [0.5, 0.6) is 0 Å². The maximum Gasteiger partial charge on any atom is 0.325 e. The molecule has 0 atom stereocenters. The molecule has 0 fully saturated rings. The van der Waals surface area contributed by atoms with Crippen molar-refractivity contribution in [2.45, 2.75) is 110 Å². The molecule has 2 amide bonds. The van der Waals surface area contributed by atoms with E-state index in [1.807, 2.05) is 0 Å². The summed E-state index contributed by atoms with van der Waals surface area (Å²) in [5, 5.41) is 9.94. The topological polar surface area (TPSA) is 86.7 Å². The second-order valence-electron chi connectivity index (χ2n) is 8.89. The molecule has 186 valence electrons. The second-order valence-corrected chi connectivity index (χ2v) is 8.89. The highest BCUT2D eigenvalue weighted by molar-refractivity contribution is 5.96. The minimum absolute atomic E-state index is 0.288. The lowest BCUT2D eigenvalue weighted by atomic mass is 10.0. The van der Waals surface area contributed by atoms with Crippen LogP contribution in [-0.2, 0) is 9.59 Å². The van der Waals surface area contributed by atoms with E-state index in [9.17, 15) is 14.4 Å². The summed E-state index contributed by atoms with van der Waals surface area (Å²) in [7, 11) is 0. The molecule has 1 aromatic rings. The Morgan fingerprint density at radius 1 is 0.727 bits per heavy atom. The first kappa shape index (κ1) is 28.7. The molecular weight excluding hydrogens is 416 g/mol. The van der Waals surface area contributed by atoms with E-state index in [1.165, 1.54) is 77.0 Å². The molecule has 0 aliphatic carbocycles. The molecule has 0 unspecified atom stereocenters. The summed E-state index contributed by atoms with van der Waals surface area (Å²) < 4.78 is 0. The normalized spacial score (nSPS) is 10.7. The van der Waals surface area contributed by atoms with Gasteiger partial charge < -0.3 is 5.11 Å². The molecular formula is C27H44N2O4. The van der Waals surface area contributed by atoms with Gasteiger partial charge in [-0.05, 0) is 18.6 Å². The summed E-state index contributed by atoms with van der Waals surface area (Å²) in [6.07, 6.45) is 19.1. The average Bonchev–Trinajstić information content (AvgIpc) is 2.81. The number of nitrogens with one attached hydrogen (secondary N) is 1. The molecule has 1 aromatic carbocycles. The minimum Gasteiger partial charge on any atom is -0.480 e. The monoisotopic (exact) mass is 460 g/mol. The quantitative estimate of drug-likeness (QED) is 0.182. The number of aliphatic carboxylic acids is 1. The van der Waals surface area contributed by atoms with Gasteiger partial charge in [-0.25, -0.2) is 5.01 Å². The third-order valence-electron chi connectivity index (χ3n) is 5.83. The van der Waals surface area contributed by atoms with Crippen LogP contribution in [0.25, 0.3) is 0 Å². The summed E-state index contributed by atoms with van der Waals surface area (Å²) in [5.41, 5.74) is 2.80. The minimum atomic E-state index is -1.17. The van der Waals surface area contributed by atoms with Crippen molar-refractivity contribution in [2.24, 2.45) is 0 Å². The summed E-state index contributed by atoms with van der Waals surface area (Å²) in [6, 6.07) is 8.36. The van der Waals surface area contributed by atoms with Crippen LogP contribution in [-0.4, -0.2) is 34.4 Å². The lowest BCUT2D eigenvalue weighted by Crippen LogP contribution is -2.48. The van der Waals surface area contributed by atoms with Crippen LogP contribution in [0.3, 0.4) is 0 Å². The highest BCUT2D eigenvalue weighted by atomic mass is 16.4. The largest absolute Gasteiger partial charge is 0.480 e. The highest BCUT2D eigenvalue weighted by Crippen LogP contribution is 2.13. The Balaban J connectivity index is 2.07. The number of nitrogens with zero attached hydrogens (tertiary/aromatic N) is 1. The van der Waals surface area contributed by atoms with Crippen LogP contribution < -0.4 is 5.43 Å². The molecule has 0 aliphatic rings. The number of unbranched alkanes of at least 4 members (excludes halogenated alkanes) is 14. The van der Waals surface area contributed by atoms with Gasteiger partial charge in [-0.1, -0.05) is 115 Å². The third kappa shape index (κ3) is 15.2. The lowest BCUT2D eigenvalue weighted by Gasteiger charge is -2.21. The van der Waals surface area contributed by atoms with Crippen molar-refractivity contribution in [2.75, 3.05) is 6.54 Å². The number of hydrazine groups is 1. The van der Waals surface area contributed by atoms with Crippen LogP contribution >= 0.6 is 0 Å². The zero-order valence-electron chi connectivity index (χ0n) is 20.5. The van der Waals surface area contributed by atoms with Gasteiger partial charge in [0, 0.05) is 12.0 Å². The molecule has 33 heavy (non-hydrogen) atoms. The number of carbonyl (C=O) groups is 3. The summed E-state index contributed by atoms with van der Waals surface area (Å²) >= 11 is 0. The van der Waals surface area contributed by atoms with Crippen molar-refractivity contribution < 1.29 is 19.5 Å². The fourth-order valence-corrected chi connectivity index (χ4v) is 3.90. The van der Waals surface area contributed by atoms with Crippen molar-refractivity contribution in [1.29, 1.82) is 0 Å². The maximum atomic E-state index is 12.5. The fraction of sp³-hybridized carbons (Fsp3) is 0.667. The van der Waals surface area contributed by atoms with Crippen LogP contribution in [0, 0.1) is 0 Å². The van der Waals surface area contributed by atoms with Gasteiger partial charge in [-0.3, -0.25) is 19.8 Å². The van der Waals surface area contributed by atoms with Crippen molar-refractivity contribution in [1.82, 2.24) is 10.4 Å². The van der Waals surface area contributed by atoms with Crippen LogP contribution in [0.15, 0.2) is 30.3 Å². The van der Waals surface area contributed by atoms with E-state index in [0.29, 0.717) is 5.56 Å². The van der Waals surface area contributed by atoms with E-state index in [0.717, 1.165) is 24.3 Å². The number of carboxylic acid groups (broad SMARTS) is 1. The predicted molar refractivity (Wildman–Crippen MR) is 133 cm³/mol. The molecule has 2 N–H and O–H groups in total. The first-order valence-corrected chi connectivity index (χ1v) is 12.9. The smallest absolute Gasteiger partial charge is 0.325 e. The highest BCUT2D eigenvalue weighted by Gasteiger charge is 2.20. The molecule has 0 aliphatic heterocycles. The number of carbonyl (C=O) groups excluding carboxylic acids is 2. The molecule has 0 bridgehead atoms. The molecule has 1 rings (SSSR count). The summed E-state index contributed by atoms with van der Waals surface area (Å²) in [5.74, 6) is -2.02. The van der Waals surface area contributed by atoms with E-state index < -0.39 is 18.4 Å². The molecule has 0 saturated carbocycles. The Morgan fingerprint density at radius 3 is 1.64 bits per heavy atom. The third-order valence-corrected chi connectivity index (χ3v) is 5.83. The first-order chi connectivity index (χ1) is 16.0. The van der Waals surface area contributed by atoms with E-state index in [-0.39, 0.29) is 12.3 Å². The Labute approximate surface area is 200 Å². The van der Waals surface area contributed by atoms with Crippen molar-refractivity contribution >= 4 is 17.8 Å². The van der Waals surface area contributed by atoms with Crippen LogP contribution in [0.1, 0.15) is 120 Å². The second kappa shape index (κ2) is 19.1. The number of hydrogen-bond donors (Lipinski definition) is 2. The Morgan fingerprint density at radius 2 is 1.18 bits per heavy atom. The number of benzene rings is 1. The molecule has 0 saturated heterocycles. The zero-order valence-corrected chi connectivity index (χ0v) is 20.5. The number of hydrogen-bond acceptors (Lipinski definition) is 3. The Bertz CT molecular complexity index is 663. The van der Waals surface area contributed by atoms with Gasteiger partial charge in [0.1, 0.15) is 6.54 Å². The Hall–Kier alpha value is -2.37. The van der Waals surface area contributed by atoms with Crippen LogP contribution in [0.2, 0.25) is 0 Å². The van der Waals surface area contributed by atoms with Crippen molar-refractivity contribution in [3.63, 3.8) is 0 Å². The molecule has 6 heteroatoms. The fourth-order valence-electron chi connectivity index (χ4n) is 3.90. The molecule has 6 nitrogen and oxygen atoms in total. The van der Waals surface area contributed by atoms with Crippen LogP contribution in [0.4, 0.5) is 0 Å². The molecule has 0 spiro atoms. The SMILES string of the molecule is CCCCCCCCCCCCCCCCCC(=O)NN(CC(=O)O)C(=O)c1ccccc1. The van der Waals surface area contributed by atoms with E-state index in [1.54, 1.807) is 30.3 Å². The van der Waals surface area contributed by atoms with E-state index in [2.05, 4.69) is 12.3 Å². The average molecular weight is 461 g/mol. The van der Waals surface area contributed by atoms with Crippen molar-refractivity contribution in [3.05, 3.63) is 35.9 Å². The first-order valence-electron chi connectivity index (χ1n) is 12.9. The zero-order chi connectivity index (χ0) is 24.2. The standard InChI is InChI=1S/C27H44N2O4/c1-2-3-4-5-6-7-8-9-10-11-12-13-14-15-19-22-25(30)28-29(23-26(31)32)27(33)24-20-17-16-18-21-24/h16-18,20-21H,2-15,19,22-23H2,1H3,(H,28,30)(H,31,32). The van der Waals surface area contributed by atoms with Gasteiger partial charge in [0.25, 0.3) is 5.91 Å². The predicted octanol–water partition coefficient (Wildman–Crippen LogP) is 6.51. The summed E-state index contributed by atoms with van der Waals surface area (Å²) in [4.78, 5) is 35.8. The molecule has 0 aromatic heterocycles. The van der Waals surface area contributed by atoms with E-state index >= 15 is 0 Å². The molecule has 0 heterocycles. The Kier molecular flexibility index (Phi) is 16.6. The lowest BCUT2D eigenvalue weighted by molar-refractivity contribution is -0.139. The number of carboxylic acids is 1. The van der Waals surface area contributed by atoms with Gasteiger partial charge >= 0.3 is 5.97 Å². The molecule has 0 radical (unpaired) electrons. The van der Waals surface area contributed by atoms with Crippen molar-refractivity contribution in [3.8, 4) is 0 Å². The van der Waals surface area contributed by atoms with E-state index in [4.69, 9.17) is 5.11 Å². The van der Waals surface area contributed by atoms with Gasteiger partial charge in [0.15, 0.2) is 0 Å². The summed E-state index contributed by atoms with van der Waals surface area (Å²) in [6.45, 7) is 1.68. The van der Waals surface area contributed by atoms with Gasteiger partial charge in [-0.15, -0.1) is 0 Å². The van der Waals surface area contributed by atoms with Gasteiger partial charge in [0.2, 0.25) is 5.91 Å². The van der Waals surface area contributed by atoms with Gasteiger partial charge in [0.05, 0.1) is 0 Å². The van der Waals surface area contributed by atoms with Gasteiger partial charge in [-0.2, -0.15) is 0 Å². The number of amides is 2. The maximum absolute atomic E-state index is 12.5. The number of rotatable bonds is 19.